The minimum Gasteiger partial charge on any atom is -0.547 e. The molecule has 0 aromatic rings. The van der Waals surface area contributed by atoms with E-state index in [1.807, 2.05) is 0 Å². The number of carbonyl (C=O) groups is 1. The molecule has 0 saturated heterocycles. The molecule has 4 N–H and O–H groups in total. The fourth-order valence-electron chi connectivity index (χ4n) is 0.458. The fourth-order valence-corrected chi connectivity index (χ4v) is 0.458. The standard InChI is InChI=1S/C5H10O6/c6-1-2(7)3(8)4(9)5(10)11/h2-4,6-9H,1H2,(H,10,11)/p-1/t2-,3+,4+/m0/s1. The molecule has 0 amide bonds. The summed E-state index contributed by atoms with van der Waals surface area (Å²) in [5.41, 5.74) is 0. The van der Waals surface area contributed by atoms with Crippen LogP contribution >= 0.6 is 0 Å². The van der Waals surface area contributed by atoms with E-state index in [1.165, 1.54) is 0 Å². The maximum Gasteiger partial charge on any atom is 0.122 e. The smallest absolute Gasteiger partial charge is 0.122 e. The quantitative estimate of drug-likeness (QED) is 0.335. The van der Waals surface area contributed by atoms with Gasteiger partial charge in [0.1, 0.15) is 18.3 Å². The van der Waals surface area contributed by atoms with E-state index in [0.717, 1.165) is 0 Å². The van der Waals surface area contributed by atoms with Crippen molar-refractivity contribution in [3.8, 4) is 0 Å². The molecule has 6 nitrogen and oxygen atoms in total. The number of aliphatic hydroxyl groups is 4. The van der Waals surface area contributed by atoms with Crippen molar-refractivity contribution < 1.29 is 30.3 Å². The van der Waals surface area contributed by atoms with Crippen molar-refractivity contribution in [1.82, 2.24) is 0 Å². The van der Waals surface area contributed by atoms with Crippen molar-refractivity contribution in [2.75, 3.05) is 6.61 Å². The molecule has 0 saturated carbocycles. The SMILES string of the molecule is O=C([O-])[C@H](O)[C@H](O)[C@@H](O)CO. The van der Waals surface area contributed by atoms with E-state index in [4.69, 9.17) is 20.4 Å². The lowest BCUT2D eigenvalue weighted by molar-refractivity contribution is -0.319. The van der Waals surface area contributed by atoms with E-state index in [0.29, 0.717) is 0 Å². The fraction of sp³-hybridized carbons (Fsp3) is 0.800. The van der Waals surface area contributed by atoms with Gasteiger partial charge < -0.3 is 30.3 Å². The number of rotatable bonds is 4. The summed E-state index contributed by atoms with van der Waals surface area (Å²) >= 11 is 0. The molecule has 0 bridgehead atoms. The van der Waals surface area contributed by atoms with E-state index in [-0.39, 0.29) is 0 Å². The lowest BCUT2D eigenvalue weighted by Crippen LogP contribution is -2.49. The third-order valence-electron chi connectivity index (χ3n) is 1.15. The first-order valence-electron chi connectivity index (χ1n) is 2.86. The lowest BCUT2D eigenvalue weighted by Gasteiger charge is -2.21. The molecular weight excluding hydrogens is 156 g/mol. The second kappa shape index (κ2) is 4.24. The molecule has 11 heavy (non-hydrogen) atoms. The van der Waals surface area contributed by atoms with Gasteiger partial charge >= 0.3 is 0 Å². The average Bonchev–Trinajstić information content (AvgIpc) is 2.00. The van der Waals surface area contributed by atoms with Gasteiger partial charge in [-0.2, -0.15) is 0 Å². The topological polar surface area (TPSA) is 121 Å². The average molecular weight is 165 g/mol. The maximum absolute atomic E-state index is 9.85. The van der Waals surface area contributed by atoms with Crippen LogP contribution < -0.4 is 5.11 Å². The normalized spacial score (nSPS) is 18.9. The van der Waals surface area contributed by atoms with Crippen LogP contribution in [-0.4, -0.2) is 51.3 Å². The third kappa shape index (κ3) is 2.81. The van der Waals surface area contributed by atoms with E-state index < -0.39 is 30.9 Å². The van der Waals surface area contributed by atoms with E-state index >= 15 is 0 Å². The molecule has 0 rings (SSSR count). The number of aliphatic hydroxyl groups excluding tert-OH is 4. The zero-order valence-corrected chi connectivity index (χ0v) is 5.54. The molecule has 0 aliphatic heterocycles. The van der Waals surface area contributed by atoms with Crippen LogP contribution in [0.4, 0.5) is 0 Å². The molecule has 0 aliphatic rings. The minimum atomic E-state index is -2.18. The Labute approximate surface area is 62.3 Å². The molecule has 0 aromatic carbocycles. The Morgan fingerprint density at radius 1 is 1.36 bits per heavy atom. The second-order valence-electron chi connectivity index (χ2n) is 2.00. The minimum absolute atomic E-state index is 0.828. The largest absolute Gasteiger partial charge is 0.547 e. The van der Waals surface area contributed by atoms with Gasteiger partial charge in [0.15, 0.2) is 0 Å². The summed E-state index contributed by atoms with van der Waals surface area (Å²) in [6.07, 6.45) is -5.79. The van der Waals surface area contributed by atoms with Crippen molar-refractivity contribution in [3.63, 3.8) is 0 Å². The van der Waals surface area contributed by atoms with Crippen molar-refractivity contribution in [2.24, 2.45) is 0 Å². The highest BCUT2D eigenvalue weighted by molar-refractivity contribution is 5.70. The van der Waals surface area contributed by atoms with Gasteiger partial charge in [0, 0.05) is 0 Å². The molecule has 0 aliphatic carbocycles. The van der Waals surface area contributed by atoms with Gasteiger partial charge in [-0.25, -0.2) is 0 Å². The summed E-state index contributed by atoms with van der Waals surface area (Å²) in [4.78, 5) is 9.85. The summed E-state index contributed by atoms with van der Waals surface area (Å²) < 4.78 is 0. The Balaban J connectivity index is 4.00. The molecule has 0 aromatic heterocycles. The highest BCUT2D eigenvalue weighted by Crippen LogP contribution is 1.98. The zero-order valence-electron chi connectivity index (χ0n) is 5.54. The number of hydrogen-bond acceptors (Lipinski definition) is 6. The molecule has 0 spiro atoms. The van der Waals surface area contributed by atoms with Crippen molar-refractivity contribution in [3.05, 3.63) is 0 Å². The monoisotopic (exact) mass is 165 g/mol. The molecule has 0 fully saturated rings. The molecule has 66 valence electrons. The van der Waals surface area contributed by atoms with Crippen LogP contribution in [-0.2, 0) is 4.79 Å². The predicted octanol–water partition coefficient (Wildman–Crippen LogP) is -4.19. The molecular formula is C5H9O6-. The van der Waals surface area contributed by atoms with Gasteiger partial charge in [0.2, 0.25) is 0 Å². The molecule has 3 atom stereocenters. The Bertz CT molecular complexity index is 135. The van der Waals surface area contributed by atoms with E-state index in [9.17, 15) is 9.90 Å². The number of carboxylic acids is 1. The Hall–Kier alpha value is -0.690. The summed E-state index contributed by atoms with van der Waals surface area (Å²) in [7, 11) is 0. The third-order valence-corrected chi connectivity index (χ3v) is 1.15. The zero-order chi connectivity index (χ0) is 9.02. The first kappa shape index (κ1) is 10.3. The van der Waals surface area contributed by atoms with Crippen molar-refractivity contribution in [1.29, 1.82) is 0 Å². The highest BCUT2D eigenvalue weighted by atomic mass is 16.4. The number of hydrogen-bond donors (Lipinski definition) is 4. The van der Waals surface area contributed by atoms with Crippen molar-refractivity contribution >= 4 is 5.97 Å². The summed E-state index contributed by atoms with van der Waals surface area (Å²) in [5, 5.41) is 43.8. The van der Waals surface area contributed by atoms with Crippen LogP contribution in [0.3, 0.4) is 0 Å². The van der Waals surface area contributed by atoms with Gasteiger partial charge in [-0.05, 0) is 0 Å². The van der Waals surface area contributed by atoms with Crippen molar-refractivity contribution in [2.45, 2.75) is 18.3 Å². The van der Waals surface area contributed by atoms with Crippen LogP contribution in [0.5, 0.6) is 0 Å². The first-order chi connectivity index (χ1) is 5.00. The Morgan fingerprint density at radius 3 is 2.09 bits per heavy atom. The van der Waals surface area contributed by atoms with E-state index in [2.05, 4.69) is 0 Å². The first-order valence-corrected chi connectivity index (χ1v) is 2.86. The van der Waals surface area contributed by atoms with Gasteiger partial charge in [0.25, 0.3) is 0 Å². The molecule has 6 heteroatoms. The summed E-state index contributed by atoms with van der Waals surface area (Å²) in [6.45, 7) is -0.828. The predicted molar refractivity (Wildman–Crippen MR) is 30.1 cm³/mol. The van der Waals surface area contributed by atoms with Crippen LogP contribution in [0, 0.1) is 0 Å². The molecule has 0 unspecified atom stereocenters. The van der Waals surface area contributed by atoms with Crippen LogP contribution in [0.15, 0.2) is 0 Å². The highest BCUT2D eigenvalue weighted by Gasteiger charge is 2.24. The van der Waals surface area contributed by atoms with Gasteiger partial charge in [-0.3, -0.25) is 0 Å². The molecule has 0 radical (unpaired) electrons. The molecule has 0 heterocycles. The summed E-state index contributed by atoms with van der Waals surface area (Å²) in [5.74, 6) is -1.90. The van der Waals surface area contributed by atoms with Crippen LogP contribution in [0.1, 0.15) is 0 Å². The number of carbonyl (C=O) groups excluding carboxylic acids is 1. The number of aliphatic carboxylic acids is 1. The van der Waals surface area contributed by atoms with Gasteiger partial charge in [0.05, 0.1) is 12.6 Å². The van der Waals surface area contributed by atoms with Crippen LogP contribution in [0.25, 0.3) is 0 Å². The summed E-state index contributed by atoms with van der Waals surface area (Å²) in [6, 6.07) is 0. The second-order valence-corrected chi connectivity index (χ2v) is 2.00. The van der Waals surface area contributed by atoms with E-state index in [1.54, 1.807) is 0 Å². The Kier molecular flexibility index (Phi) is 3.98. The Morgan fingerprint density at radius 2 is 1.82 bits per heavy atom. The maximum atomic E-state index is 9.85. The number of carboxylic acid groups (broad SMARTS) is 1. The van der Waals surface area contributed by atoms with Gasteiger partial charge in [-0.15, -0.1) is 0 Å². The van der Waals surface area contributed by atoms with Crippen LogP contribution in [0.2, 0.25) is 0 Å². The van der Waals surface area contributed by atoms with Gasteiger partial charge in [-0.1, -0.05) is 0 Å². The lowest BCUT2D eigenvalue weighted by atomic mass is 10.1.